The fraction of sp³-hybridized carbons (Fsp3) is 0.179. The monoisotopic (exact) mass is 677 g/mol. The molecule has 2 aromatic carbocycles. The zero-order valence-electron chi connectivity index (χ0n) is 22.0. The molecule has 0 fully saturated rings. The van der Waals surface area contributed by atoms with Gasteiger partial charge in [0.25, 0.3) is 0 Å². The summed E-state index contributed by atoms with van der Waals surface area (Å²) in [7, 11) is -4.26. The minimum absolute atomic E-state index is 0.0222. The average Bonchev–Trinajstić information content (AvgIpc) is 2.95. The Morgan fingerprint density at radius 1 is 0.841 bits per heavy atom. The summed E-state index contributed by atoms with van der Waals surface area (Å²) in [6, 6.07) is 13.4. The molecule has 44 heavy (non-hydrogen) atoms. The van der Waals surface area contributed by atoms with Gasteiger partial charge in [-0.05, 0) is 48.9 Å². The molecular weight excluding hydrogens is 659 g/mol. The van der Waals surface area contributed by atoms with Crippen LogP contribution in [0.15, 0.2) is 84.0 Å². The molecule has 1 atom stereocenters. The predicted octanol–water partition coefficient (Wildman–Crippen LogP) is 8.55. The second-order valence-corrected chi connectivity index (χ2v) is 12.1. The number of nitrogens with one attached hydrogen (secondary N) is 1. The third-order valence-electron chi connectivity index (χ3n) is 6.08. The molecule has 0 spiro atoms. The van der Waals surface area contributed by atoms with Crippen LogP contribution in [0.4, 0.5) is 32.0 Å². The van der Waals surface area contributed by atoms with Crippen LogP contribution in [0.25, 0.3) is 0 Å². The number of nitrogens with zero attached hydrogens (tertiary/aromatic N) is 2. The molecule has 232 valence electrons. The molecule has 4 aromatic rings. The smallest absolute Gasteiger partial charge is 0.417 e. The van der Waals surface area contributed by atoms with Gasteiger partial charge in [0.2, 0.25) is 11.8 Å². The van der Waals surface area contributed by atoms with Crippen molar-refractivity contribution in [2.45, 2.75) is 35.3 Å². The van der Waals surface area contributed by atoms with Gasteiger partial charge in [0, 0.05) is 30.6 Å². The van der Waals surface area contributed by atoms with Crippen molar-refractivity contribution in [1.82, 2.24) is 9.97 Å². The molecule has 2 heterocycles. The van der Waals surface area contributed by atoms with Gasteiger partial charge in [-0.3, -0.25) is 9.78 Å². The lowest BCUT2D eigenvalue weighted by molar-refractivity contribution is -0.138. The van der Waals surface area contributed by atoms with Crippen LogP contribution in [-0.4, -0.2) is 24.3 Å². The number of sulfone groups is 1. The second-order valence-electron chi connectivity index (χ2n) is 9.15. The molecular formula is C28H19Cl2F6N3O4S. The molecule has 0 aliphatic rings. The van der Waals surface area contributed by atoms with Crippen LogP contribution in [0.3, 0.4) is 0 Å². The highest BCUT2D eigenvalue weighted by atomic mass is 35.5. The summed E-state index contributed by atoms with van der Waals surface area (Å²) >= 11 is 12.3. The summed E-state index contributed by atoms with van der Waals surface area (Å²) in [6.07, 6.45) is -9.08. The molecule has 0 aliphatic heterocycles. The fourth-order valence-corrected chi connectivity index (χ4v) is 6.28. The van der Waals surface area contributed by atoms with Crippen molar-refractivity contribution in [3.05, 3.63) is 106 Å². The fourth-order valence-electron chi connectivity index (χ4n) is 3.92. The van der Waals surface area contributed by atoms with E-state index in [9.17, 15) is 39.6 Å². The van der Waals surface area contributed by atoms with Gasteiger partial charge in [0.15, 0.2) is 9.84 Å². The van der Waals surface area contributed by atoms with E-state index in [2.05, 4.69) is 15.3 Å². The Morgan fingerprint density at radius 2 is 1.50 bits per heavy atom. The zero-order valence-corrected chi connectivity index (χ0v) is 24.3. The molecule has 16 heteroatoms. The Bertz CT molecular complexity index is 1750. The summed E-state index contributed by atoms with van der Waals surface area (Å²) in [4.78, 5) is 20.0. The molecule has 0 radical (unpaired) electrons. The molecule has 0 aliphatic carbocycles. The minimum atomic E-state index is -4.76. The molecule has 4 rings (SSSR count). The maximum atomic E-state index is 13.5. The van der Waals surface area contributed by atoms with Gasteiger partial charge in [-0.25, -0.2) is 13.4 Å². The number of amides is 1. The van der Waals surface area contributed by atoms with E-state index in [1.54, 1.807) is 6.07 Å². The van der Waals surface area contributed by atoms with Crippen molar-refractivity contribution in [1.29, 1.82) is 0 Å². The number of ether oxygens (including phenoxy) is 1. The van der Waals surface area contributed by atoms with Crippen molar-refractivity contribution in [3.8, 4) is 11.6 Å². The Kier molecular flexibility index (Phi) is 9.76. The largest absolute Gasteiger partial charge is 0.437 e. The van der Waals surface area contributed by atoms with Crippen molar-refractivity contribution in [3.63, 3.8) is 0 Å². The quantitative estimate of drug-likeness (QED) is 0.178. The highest BCUT2D eigenvalue weighted by Gasteiger charge is 2.36. The van der Waals surface area contributed by atoms with Gasteiger partial charge >= 0.3 is 12.4 Å². The van der Waals surface area contributed by atoms with Crippen molar-refractivity contribution < 1.29 is 44.3 Å². The lowest BCUT2D eigenvalue weighted by Crippen LogP contribution is -2.20. The lowest BCUT2D eigenvalue weighted by atomic mass is 10.1. The third-order valence-corrected chi connectivity index (χ3v) is 8.81. The predicted molar refractivity (Wildman–Crippen MR) is 149 cm³/mol. The molecule has 0 saturated carbocycles. The van der Waals surface area contributed by atoms with Crippen LogP contribution in [0.2, 0.25) is 10.0 Å². The van der Waals surface area contributed by atoms with Crippen molar-refractivity contribution in [2.75, 3.05) is 5.32 Å². The van der Waals surface area contributed by atoms with Crippen LogP contribution in [0.1, 0.15) is 34.9 Å². The van der Waals surface area contributed by atoms with Crippen LogP contribution in [0.5, 0.6) is 11.6 Å². The number of hydrogen-bond acceptors (Lipinski definition) is 6. The molecule has 0 bridgehead atoms. The van der Waals surface area contributed by atoms with Crippen molar-refractivity contribution >= 4 is 44.6 Å². The van der Waals surface area contributed by atoms with Gasteiger partial charge in [-0.1, -0.05) is 41.4 Å². The number of aromatic nitrogens is 2. The Labute approximate surface area is 256 Å². The molecule has 2 aromatic heterocycles. The number of carbonyl (C=O) groups excluding carboxylic acids is 1. The number of rotatable bonds is 9. The Hall–Kier alpha value is -3.88. The van der Waals surface area contributed by atoms with Crippen LogP contribution < -0.4 is 10.1 Å². The number of anilines is 1. The Morgan fingerprint density at radius 3 is 2.07 bits per heavy atom. The molecule has 1 N–H and O–H groups in total. The standard InChI is InChI=1S/C28H19Cl2F6N3O4S/c29-20-13-18(7-8-22(20)43-25-11-6-16(14-37-25)27(31,32)33)39-24(40)10-9-23(44(41,42)19-4-2-1-3-5-19)26-21(30)12-17(15-38-26)28(34,35)36/h1-8,11-15,23H,9-10H2,(H,39,40). The summed E-state index contributed by atoms with van der Waals surface area (Å²) in [5, 5.41) is 0.389. The first kappa shape index (κ1) is 33.0. The lowest BCUT2D eigenvalue weighted by Gasteiger charge is -2.19. The second kappa shape index (κ2) is 13.0. The topological polar surface area (TPSA) is 98.2 Å². The zero-order chi connectivity index (χ0) is 32.3. The van der Waals surface area contributed by atoms with Gasteiger partial charge < -0.3 is 10.1 Å². The Balaban J connectivity index is 1.50. The van der Waals surface area contributed by atoms with E-state index < -0.39 is 62.3 Å². The van der Waals surface area contributed by atoms with Crippen LogP contribution >= 0.6 is 23.2 Å². The van der Waals surface area contributed by atoms with E-state index in [0.29, 0.717) is 18.5 Å². The summed E-state index contributed by atoms with van der Waals surface area (Å²) in [5.41, 5.74) is -2.32. The van der Waals surface area contributed by atoms with Gasteiger partial charge in [-0.2, -0.15) is 26.3 Å². The van der Waals surface area contributed by atoms with E-state index >= 15 is 0 Å². The van der Waals surface area contributed by atoms with E-state index in [1.165, 1.54) is 42.5 Å². The SMILES string of the molecule is O=C(CCC(c1ncc(C(F)(F)F)cc1Cl)S(=O)(=O)c1ccccc1)Nc1ccc(Oc2ccc(C(F)(F)F)cn2)c(Cl)c1. The highest BCUT2D eigenvalue weighted by Crippen LogP contribution is 2.39. The van der Waals surface area contributed by atoms with Crippen molar-refractivity contribution in [2.24, 2.45) is 0 Å². The number of halogens is 8. The number of alkyl halides is 6. The molecule has 0 saturated heterocycles. The van der Waals surface area contributed by atoms with E-state index in [0.717, 1.165) is 12.1 Å². The van der Waals surface area contributed by atoms with Gasteiger partial charge in [0.05, 0.1) is 31.8 Å². The summed E-state index contributed by atoms with van der Waals surface area (Å²) in [5.74, 6) is -0.817. The van der Waals surface area contributed by atoms with Crippen LogP contribution in [-0.2, 0) is 27.0 Å². The minimum Gasteiger partial charge on any atom is -0.437 e. The van der Waals surface area contributed by atoms with Gasteiger partial charge in [0.1, 0.15) is 11.0 Å². The molecule has 1 amide bonds. The van der Waals surface area contributed by atoms with Gasteiger partial charge in [-0.15, -0.1) is 0 Å². The van der Waals surface area contributed by atoms with E-state index in [-0.39, 0.29) is 32.9 Å². The normalized spacial score (nSPS) is 12.9. The summed E-state index contributed by atoms with van der Waals surface area (Å²) < 4.78 is 110. The first-order valence-electron chi connectivity index (χ1n) is 12.4. The number of pyridine rings is 2. The maximum absolute atomic E-state index is 13.5. The molecule has 7 nitrogen and oxygen atoms in total. The average molecular weight is 678 g/mol. The number of benzene rings is 2. The maximum Gasteiger partial charge on any atom is 0.417 e. The highest BCUT2D eigenvalue weighted by molar-refractivity contribution is 7.91. The first-order chi connectivity index (χ1) is 20.6. The summed E-state index contributed by atoms with van der Waals surface area (Å²) in [6.45, 7) is 0. The number of carbonyl (C=O) groups is 1. The first-order valence-corrected chi connectivity index (χ1v) is 14.7. The molecule has 1 unspecified atom stereocenters. The number of hydrogen-bond donors (Lipinski definition) is 1. The van der Waals surface area contributed by atoms with Crippen LogP contribution in [0, 0.1) is 0 Å². The van der Waals surface area contributed by atoms with E-state index in [1.807, 2.05) is 0 Å². The van der Waals surface area contributed by atoms with E-state index in [4.69, 9.17) is 27.9 Å². The third kappa shape index (κ3) is 7.98.